The summed E-state index contributed by atoms with van der Waals surface area (Å²) in [7, 11) is 4.01. The second kappa shape index (κ2) is 4.33. The Balaban J connectivity index is 2.02. The number of aliphatic hydroxyl groups excluding tert-OH is 1. The van der Waals surface area contributed by atoms with Crippen LogP contribution in [0.2, 0.25) is 0 Å². The van der Waals surface area contributed by atoms with Crippen molar-refractivity contribution in [3.8, 4) is 0 Å². The summed E-state index contributed by atoms with van der Waals surface area (Å²) in [4.78, 5) is 2.31. The molecule has 0 bridgehead atoms. The first-order valence-corrected chi connectivity index (χ1v) is 5.53. The van der Waals surface area contributed by atoms with E-state index in [4.69, 9.17) is 0 Å². The second-order valence-electron chi connectivity index (χ2n) is 4.47. The average molecular weight is 209 g/mol. The van der Waals surface area contributed by atoms with E-state index in [1.54, 1.807) is 10.9 Å². The standard InChI is InChI=1S/C11H19N3O/c1-13-7-4-9(5-8-13)11(15)10-3-6-12-14(10)2/h3,6,9,11,15H,4-5,7-8H2,1-2H3/t11-/m1/s1. The zero-order valence-electron chi connectivity index (χ0n) is 9.43. The SMILES string of the molecule is CN1CCC([C@@H](O)c2ccnn2C)CC1. The number of aryl methyl sites for hydroxylation is 1. The van der Waals surface area contributed by atoms with Crippen LogP contribution in [0.5, 0.6) is 0 Å². The molecule has 15 heavy (non-hydrogen) atoms. The first-order valence-electron chi connectivity index (χ1n) is 5.53. The lowest BCUT2D eigenvalue weighted by Gasteiger charge is -2.31. The van der Waals surface area contributed by atoms with Gasteiger partial charge in [-0.1, -0.05) is 0 Å². The molecule has 84 valence electrons. The molecule has 1 aliphatic rings. The molecule has 0 spiro atoms. The number of rotatable bonds is 2. The number of aromatic nitrogens is 2. The molecule has 1 N–H and O–H groups in total. The summed E-state index contributed by atoms with van der Waals surface area (Å²) in [6.45, 7) is 2.17. The van der Waals surface area contributed by atoms with Crippen molar-refractivity contribution in [2.45, 2.75) is 18.9 Å². The molecule has 1 aromatic rings. The van der Waals surface area contributed by atoms with Crippen molar-refractivity contribution in [1.82, 2.24) is 14.7 Å². The highest BCUT2D eigenvalue weighted by molar-refractivity contribution is 5.05. The molecule has 1 saturated heterocycles. The zero-order chi connectivity index (χ0) is 10.8. The van der Waals surface area contributed by atoms with Crippen molar-refractivity contribution in [3.05, 3.63) is 18.0 Å². The smallest absolute Gasteiger partial charge is 0.0985 e. The maximum atomic E-state index is 10.2. The summed E-state index contributed by atoms with van der Waals surface area (Å²) in [5, 5.41) is 14.3. The first-order chi connectivity index (χ1) is 7.18. The number of likely N-dealkylation sites (tertiary alicyclic amines) is 1. The van der Waals surface area contributed by atoms with Crippen molar-refractivity contribution >= 4 is 0 Å². The van der Waals surface area contributed by atoms with Gasteiger partial charge in [0.05, 0.1) is 11.8 Å². The van der Waals surface area contributed by atoms with E-state index in [2.05, 4.69) is 17.0 Å². The fourth-order valence-electron chi connectivity index (χ4n) is 2.26. The van der Waals surface area contributed by atoms with Gasteiger partial charge in [0, 0.05) is 13.2 Å². The Labute approximate surface area is 90.5 Å². The van der Waals surface area contributed by atoms with E-state index in [0.717, 1.165) is 31.6 Å². The molecule has 1 aliphatic heterocycles. The lowest BCUT2D eigenvalue weighted by molar-refractivity contribution is 0.0598. The van der Waals surface area contributed by atoms with Gasteiger partial charge in [-0.25, -0.2) is 0 Å². The number of piperidine rings is 1. The molecular formula is C11H19N3O. The van der Waals surface area contributed by atoms with Gasteiger partial charge in [0.25, 0.3) is 0 Å². The normalized spacial score (nSPS) is 21.8. The van der Waals surface area contributed by atoms with Crippen molar-refractivity contribution < 1.29 is 5.11 Å². The van der Waals surface area contributed by atoms with Crippen molar-refractivity contribution in [1.29, 1.82) is 0 Å². The van der Waals surface area contributed by atoms with Gasteiger partial charge in [0.15, 0.2) is 0 Å². The lowest BCUT2D eigenvalue weighted by atomic mass is 9.90. The minimum Gasteiger partial charge on any atom is -0.387 e. The van der Waals surface area contributed by atoms with E-state index in [1.165, 1.54) is 0 Å². The molecular weight excluding hydrogens is 190 g/mol. The third-order valence-electron chi connectivity index (χ3n) is 3.37. The van der Waals surface area contributed by atoms with Crippen LogP contribution in [-0.4, -0.2) is 39.9 Å². The quantitative estimate of drug-likeness (QED) is 0.783. The predicted molar refractivity (Wildman–Crippen MR) is 58.4 cm³/mol. The molecule has 0 aliphatic carbocycles. The Hall–Kier alpha value is -0.870. The summed E-state index contributed by atoms with van der Waals surface area (Å²) in [5.74, 6) is 0.386. The Morgan fingerprint density at radius 1 is 1.40 bits per heavy atom. The molecule has 2 heterocycles. The second-order valence-corrected chi connectivity index (χ2v) is 4.47. The maximum absolute atomic E-state index is 10.2. The molecule has 0 unspecified atom stereocenters. The van der Waals surface area contributed by atoms with Crippen molar-refractivity contribution in [2.75, 3.05) is 20.1 Å². The Kier molecular flexibility index (Phi) is 3.07. The third-order valence-corrected chi connectivity index (χ3v) is 3.37. The fraction of sp³-hybridized carbons (Fsp3) is 0.727. The highest BCUT2D eigenvalue weighted by atomic mass is 16.3. The third kappa shape index (κ3) is 2.21. The minimum absolute atomic E-state index is 0.355. The number of aliphatic hydroxyl groups is 1. The highest BCUT2D eigenvalue weighted by Gasteiger charge is 2.26. The summed E-state index contributed by atoms with van der Waals surface area (Å²) in [6, 6.07) is 1.91. The van der Waals surface area contributed by atoms with E-state index in [0.29, 0.717) is 5.92 Å². The van der Waals surface area contributed by atoms with Gasteiger partial charge in [-0.15, -0.1) is 0 Å². The van der Waals surface area contributed by atoms with Crippen LogP contribution in [0.1, 0.15) is 24.6 Å². The van der Waals surface area contributed by atoms with E-state index in [9.17, 15) is 5.11 Å². The Morgan fingerprint density at radius 2 is 2.07 bits per heavy atom. The molecule has 4 nitrogen and oxygen atoms in total. The molecule has 1 atom stereocenters. The van der Waals surface area contributed by atoms with Gasteiger partial charge >= 0.3 is 0 Å². The fourth-order valence-corrected chi connectivity index (χ4v) is 2.26. The molecule has 1 fully saturated rings. The minimum atomic E-state index is -0.355. The van der Waals surface area contributed by atoms with Crippen LogP contribution < -0.4 is 0 Å². The Morgan fingerprint density at radius 3 is 2.60 bits per heavy atom. The first kappa shape index (κ1) is 10.6. The Bertz CT molecular complexity index is 315. The van der Waals surface area contributed by atoms with E-state index in [-0.39, 0.29) is 6.10 Å². The van der Waals surface area contributed by atoms with Gasteiger partial charge in [0.1, 0.15) is 0 Å². The monoisotopic (exact) mass is 209 g/mol. The number of hydrogen-bond donors (Lipinski definition) is 1. The molecule has 1 aromatic heterocycles. The summed E-state index contributed by atoms with van der Waals surface area (Å²) >= 11 is 0. The number of hydrogen-bond acceptors (Lipinski definition) is 3. The highest BCUT2D eigenvalue weighted by Crippen LogP contribution is 2.29. The van der Waals surface area contributed by atoms with Crippen molar-refractivity contribution in [3.63, 3.8) is 0 Å². The van der Waals surface area contributed by atoms with Crippen LogP contribution in [-0.2, 0) is 7.05 Å². The summed E-state index contributed by atoms with van der Waals surface area (Å²) in [6.07, 6.45) is 3.53. The van der Waals surface area contributed by atoms with Gasteiger partial charge in [0.2, 0.25) is 0 Å². The van der Waals surface area contributed by atoms with E-state index < -0.39 is 0 Å². The molecule has 0 radical (unpaired) electrons. The largest absolute Gasteiger partial charge is 0.387 e. The maximum Gasteiger partial charge on any atom is 0.0985 e. The molecule has 2 rings (SSSR count). The van der Waals surface area contributed by atoms with Gasteiger partial charge in [-0.3, -0.25) is 4.68 Å². The van der Waals surface area contributed by atoms with E-state index in [1.807, 2.05) is 13.1 Å². The number of nitrogens with zero attached hydrogens (tertiary/aromatic N) is 3. The van der Waals surface area contributed by atoms with Crippen LogP contribution in [0.25, 0.3) is 0 Å². The van der Waals surface area contributed by atoms with E-state index >= 15 is 0 Å². The van der Waals surface area contributed by atoms with Crippen LogP contribution in [0.4, 0.5) is 0 Å². The average Bonchev–Trinajstić information content (AvgIpc) is 2.65. The summed E-state index contributed by atoms with van der Waals surface area (Å²) < 4.78 is 1.77. The zero-order valence-corrected chi connectivity index (χ0v) is 9.43. The molecule has 0 saturated carbocycles. The van der Waals surface area contributed by atoms with Gasteiger partial charge < -0.3 is 10.0 Å². The van der Waals surface area contributed by atoms with Gasteiger partial charge in [-0.05, 0) is 45.0 Å². The van der Waals surface area contributed by atoms with Gasteiger partial charge in [-0.2, -0.15) is 5.10 Å². The van der Waals surface area contributed by atoms with Crippen LogP contribution in [0.15, 0.2) is 12.3 Å². The molecule has 0 aromatic carbocycles. The summed E-state index contributed by atoms with van der Waals surface area (Å²) in [5.41, 5.74) is 0.935. The van der Waals surface area contributed by atoms with Crippen LogP contribution in [0, 0.1) is 5.92 Å². The van der Waals surface area contributed by atoms with Crippen molar-refractivity contribution in [2.24, 2.45) is 13.0 Å². The lowest BCUT2D eigenvalue weighted by Crippen LogP contribution is -2.33. The molecule has 4 heteroatoms. The van der Waals surface area contributed by atoms with Crippen LogP contribution >= 0.6 is 0 Å². The topological polar surface area (TPSA) is 41.3 Å². The molecule has 0 amide bonds. The predicted octanol–water partition coefficient (Wildman–Crippen LogP) is 0.795. The van der Waals surface area contributed by atoms with Crippen LogP contribution in [0.3, 0.4) is 0 Å².